The van der Waals surface area contributed by atoms with Crippen LogP contribution in [0.25, 0.3) is 5.65 Å². The number of ether oxygens (including phenoxy) is 1. The highest BCUT2D eigenvalue weighted by Crippen LogP contribution is 2.31. The Morgan fingerprint density at radius 3 is 3.05 bits per heavy atom. The lowest BCUT2D eigenvalue weighted by Crippen LogP contribution is -2.03. The van der Waals surface area contributed by atoms with Crippen molar-refractivity contribution in [2.24, 2.45) is 0 Å². The van der Waals surface area contributed by atoms with Crippen LogP contribution in [0.1, 0.15) is 0 Å². The quantitative estimate of drug-likeness (QED) is 0.770. The van der Waals surface area contributed by atoms with Crippen molar-refractivity contribution in [3.8, 4) is 5.75 Å². The Hall–Kier alpha value is -2.28. The second-order valence-corrected chi connectivity index (χ2v) is 5.06. The first-order valence-corrected chi connectivity index (χ1v) is 6.66. The van der Waals surface area contributed by atoms with E-state index >= 15 is 0 Å². The number of benzene rings is 1. The summed E-state index contributed by atoms with van der Waals surface area (Å²) in [6, 6.07) is 5.67. The highest BCUT2D eigenvalue weighted by atomic mass is 79.9. The van der Waals surface area contributed by atoms with Crippen LogP contribution >= 0.6 is 15.9 Å². The van der Waals surface area contributed by atoms with Gasteiger partial charge in [0.05, 0.1) is 19.0 Å². The number of imidazole rings is 1. The third-order valence-corrected chi connectivity index (χ3v) is 3.30. The number of fused-ring (bicyclic) bond motifs is 1. The number of hydrogen-bond donors (Lipinski definition) is 2. The van der Waals surface area contributed by atoms with Crippen LogP contribution in [0.4, 0.5) is 17.3 Å². The first-order valence-electron chi connectivity index (χ1n) is 5.87. The van der Waals surface area contributed by atoms with Gasteiger partial charge in [-0.05, 0) is 18.2 Å². The molecule has 0 saturated heterocycles. The molecule has 0 amide bonds. The SMILES string of the molecule is COc1ccc(Br)cc1Nc1nc(N)cn2ccnc12. The number of anilines is 3. The highest BCUT2D eigenvalue weighted by Gasteiger charge is 2.10. The maximum atomic E-state index is 5.80. The van der Waals surface area contributed by atoms with Gasteiger partial charge in [-0.15, -0.1) is 0 Å². The van der Waals surface area contributed by atoms with Crippen molar-refractivity contribution in [3.63, 3.8) is 0 Å². The molecule has 3 aromatic rings. The Kier molecular flexibility index (Phi) is 3.19. The first-order chi connectivity index (χ1) is 9.67. The Morgan fingerprint density at radius 1 is 1.40 bits per heavy atom. The van der Waals surface area contributed by atoms with Crippen molar-refractivity contribution < 1.29 is 4.74 Å². The van der Waals surface area contributed by atoms with Crippen molar-refractivity contribution in [1.29, 1.82) is 0 Å². The van der Waals surface area contributed by atoms with E-state index in [1.54, 1.807) is 19.5 Å². The summed E-state index contributed by atoms with van der Waals surface area (Å²) in [5.41, 5.74) is 7.28. The molecular formula is C13H12BrN5O. The van der Waals surface area contributed by atoms with Gasteiger partial charge in [0, 0.05) is 16.9 Å². The lowest BCUT2D eigenvalue weighted by molar-refractivity contribution is 0.416. The molecule has 1 aromatic carbocycles. The minimum Gasteiger partial charge on any atom is -0.495 e. The van der Waals surface area contributed by atoms with Crippen molar-refractivity contribution >= 4 is 38.9 Å². The third-order valence-electron chi connectivity index (χ3n) is 2.81. The number of nitrogens with one attached hydrogen (secondary N) is 1. The summed E-state index contributed by atoms with van der Waals surface area (Å²) in [6.07, 6.45) is 5.22. The van der Waals surface area contributed by atoms with Gasteiger partial charge in [-0.25, -0.2) is 9.97 Å². The van der Waals surface area contributed by atoms with Gasteiger partial charge in [-0.1, -0.05) is 15.9 Å². The van der Waals surface area contributed by atoms with Gasteiger partial charge < -0.3 is 20.2 Å². The molecule has 0 radical (unpaired) electrons. The fraction of sp³-hybridized carbons (Fsp3) is 0.0769. The zero-order valence-corrected chi connectivity index (χ0v) is 12.3. The lowest BCUT2D eigenvalue weighted by Gasteiger charge is -2.12. The molecule has 0 aliphatic carbocycles. The van der Waals surface area contributed by atoms with Crippen LogP contribution < -0.4 is 15.8 Å². The van der Waals surface area contributed by atoms with E-state index in [9.17, 15) is 0 Å². The van der Waals surface area contributed by atoms with Gasteiger partial charge in [-0.3, -0.25) is 0 Å². The molecule has 7 heteroatoms. The van der Waals surface area contributed by atoms with Crippen LogP contribution in [-0.4, -0.2) is 21.5 Å². The number of aromatic nitrogens is 3. The van der Waals surface area contributed by atoms with Crippen molar-refractivity contribution in [2.75, 3.05) is 18.2 Å². The molecule has 0 spiro atoms. The average molecular weight is 334 g/mol. The number of rotatable bonds is 3. The molecule has 20 heavy (non-hydrogen) atoms. The summed E-state index contributed by atoms with van der Waals surface area (Å²) in [5.74, 6) is 1.69. The maximum absolute atomic E-state index is 5.80. The van der Waals surface area contributed by atoms with E-state index in [0.29, 0.717) is 23.0 Å². The smallest absolute Gasteiger partial charge is 0.180 e. The predicted octanol–water partition coefficient (Wildman–Crippen LogP) is 2.83. The van der Waals surface area contributed by atoms with E-state index < -0.39 is 0 Å². The molecule has 2 heterocycles. The van der Waals surface area contributed by atoms with Crippen LogP contribution in [0, 0.1) is 0 Å². The fourth-order valence-electron chi connectivity index (χ4n) is 1.94. The monoisotopic (exact) mass is 333 g/mol. The summed E-state index contributed by atoms with van der Waals surface area (Å²) in [5, 5.41) is 3.20. The van der Waals surface area contributed by atoms with E-state index in [2.05, 4.69) is 31.2 Å². The molecule has 0 unspecified atom stereocenters. The van der Waals surface area contributed by atoms with Gasteiger partial charge in [0.2, 0.25) is 0 Å². The minimum absolute atomic E-state index is 0.409. The standard InChI is InChI=1S/C13H12BrN5O/c1-20-10-3-2-8(14)6-9(10)17-12-13-16-4-5-19(13)7-11(15)18-12/h2-7H,15H2,1H3,(H,17,18). The zero-order valence-electron chi connectivity index (χ0n) is 10.7. The van der Waals surface area contributed by atoms with E-state index in [1.165, 1.54) is 0 Å². The van der Waals surface area contributed by atoms with Crippen molar-refractivity contribution in [2.45, 2.75) is 0 Å². The van der Waals surface area contributed by atoms with Crippen LogP contribution in [0.2, 0.25) is 0 Å². The largest absolute Gasteiger partial charge is 0.495 e. The molecule has 3 N–H and O–H groups in total. The van der Waals surface area contributed by atoms with Crippen molar-refractivity contribution in [3.05, 3.63) is 41.3 Å². The molecule has 0 fully saturated rings. The molecule has 0 atom stereocenters. The Bertz CT molecular complexity index is 771. The van der Waals surface area contributed by atoms with Crippen LogP contribution in [-0.2, 0) is 0 Å². The molecule has 0 saturated carbocycles. The maximum Gasteiger partial charge on any atom is 0.180 e. The molecule has 2 aromatic heterocycles. The minimum atomic E-state index is 0.409. The Balaban J connectivity index is 2.09. The fourth-order valence-corrected chi connectivity index (χ4v) is 2.30. The number of hydrogen-bond acceptors (Lipinski definition) is 5. The van der Waals surface area contributed by atoms with Crippen LogP contribution in [0.5, 0.6) is 5.75 Å². The van der Waals surface area contributed by atoms with Crippen LogP contribution in [0.3, 0.4) is 0 Å². The molecule has 0 aliphatic heterocycles. The van der Waals surface area contributed by atoms with E-state index in [1.807, 2.05) is 28.8 Å². The normalized spacial score (nSPS) is 10.7. The second kappa shape index (κ2) is 5.01. The molecular weight excluding hydrogens is 322 g/mol. The number of nitrogens with two attached hydrogens (primary N) is 1. The molecule has 6 nitrogen and oxygen atoms in total. The van der Waals surface area contributed by atoms with E-state index in [0.717, 1.165) is 10.2 Å². The number of nitrogen functional groups attached to an aromatic ring is 1. The molecule has 3 rings (SSSR count). The van der Waals surface area contributed by atoms with Crippen LogP contribution in [0.15, 0.2) is 41.3 Å². The summed E-state index contributed by atoms with van der Waals surface area (Å²) in [7, 11) is 1.62. The zero-order chi connectivity index (χ0) is 14.1. The van der Waals surface area contributed by atoms with Gasteiger partial charge in [0.1, 0.15) is 11.6 Å². The summed E-state index contributed by atoms with van der Waals surface area (Å²) in [4.78, 5) is 8.55. The summed E-state index contributed by atoms with van der Waals surface area (Å²) in [6.45, 7) is 0. The third kappa shape index (κ3) is 2.27. The molecule has 0 bridgehead atoms. The Morgan fingerprint density at radius 2 is 2.25 bits per heavy atom. The highest BCUT2D eigenvalue weighted by molar-refractivity contribution is 9.10. The topological polar surface area (TPSA) is 77.5 Å². The molecule has 0 aliphatic rings. The predicted molar refractivity (Wildman–Crippen MR) is 81.4 cm³/mol. The summed E-state index contributed by atoms with van der Waals surface area (Å²) < 4.78 is 8.08. The molecule has 102 valence electrons. The Labute approximate surface area is 123 Å². The van der Waals surface area contributed by atoms with Gasteiger partial charge in [0.15, 0.2) is 11.5 Å². The van der Waals surface area contributed by atoms with Crippen molar-refractivity contribution in [1.82, 2.24) is 14.4 Å². The lowest BCUT2D eigenvalue weighted by atomic mass is 10.3. The average Bonchev–Trinajstić information content (AvgIpc) is 2.87. The number of nitrogens with zero attached hydrogens (tertiary/aromatic N) is 3. The van der Waals surface area contributed by atoms with Gasteiger partial charge in [0.25, 0.3) is 0 Å². The van der Waals surface area contributed by atoms with Gasteiger partial charge in [-0.2, -0.15) is 0 Å². The van der Waals surface area contributed by atoms with E-state index in [-0.39, 0.29) is 0 Å². The van der Waals surface area contributed by atoms with Gasteiger partial charge >= 0.3 is 0 Å². The number of methoxy groups -OCH3 is 1. The second-order valence-electron chi connectivity index (χ2n) is 4.14. The van der Waals surface area contributed by atoms with E-state index in [4.69, 9.17) is 10.5 Å². The summed E-state index contributed by atoms with van der Waals surface area (Å²) >= 11 is 3.43. The number of halogens is 1. The first kappa shape index (κ1) is 12.7.